The van der Waals surface area contributed by atoms with Gasteiger partial charge in [-0.05, 0) is 32.6 Å². The first-order valence-corrected chi connectivity index (χ1v) is 8.06. The number of allylic oxidation sites excluding steroid dienone is 2. The largest absolute Gasteiger partial charge is 0.332 e. The van der Waals surface area contributed by atoms with Gasteiger partial charge in [-0.25, -0.2) is 9.78 Å². The molecule has 124 valence electrons. The molecule has 0 bridgehead atoms. The van der Waals surface area contributed by atoms with Crippen molar-refractivity contribution in [3.63, 3.8) is 0 Å². The summed E-state index contributed by atoms with van der Waals surface area (Å²) >= 11 is 0. The summed E-state index contributed by atoms with van der Waals surface area (Å²) in [5, 5.41) is 0. The van der Waals surface area contributed by atoms with Gasteiger partial charge in [-0.1, -0.05) is 12.2 Å². The summed E-state index contributed by atoms with van der Waals surface area (Å²) in [4.78, 5) is 29.5. The van der Waals surface area contributed by atoms with E-state index in [9.17, 15) is 9.59 Å². The molecule has 0 saturated heterocycles. The topological polar surface area (TPSA) is 61.8 Å². The molecule has 6 nitrogen and oxygen atoms in total. The van der Waals surface area contributed by atoms with E-state index in [1.165, 1.54) is 4.57 Å². The number of fused-ring (bicyclic) bond motifs is 1. The third-order valence-corrected chi connectivity index (χ3v) is 3.91. The van der Waals surface area contributed by atoms with Gasteiger partial charge in [0.2, 0.25) is 0 Å². The van der Waals surface area contributed by atoms with Crippen molar-refractivity contribution in [1.29, 1.82) is 0 Å². The fraction of sp³-hybridized carbons (Fsp3) is 0.471. The lowest BCUT2D eigenvalue weighted by atomic mass is 10.2. The van der Waals surface area contributed by atoms with Crippen LogP contribution >= 0.6 is 0 Å². The molecule has 0 fully saturated rings. The van der Waals surface area contributed by atoms with Gasteiger partial charge in [0, 0.05) is 19.6 Å². The standard InChI is InChI=1S/C17H24N4O2/c1-4-7-9-10-11-19-13-18-15-14(19)16(22)21(12-8-5-2)17(23)20(15)6-3/h4-5,13H,1-2,6-12H2,3H3. The molecule has 6 heteroatoms. The highest BCUT2D eigenvalue weighted by Crippen LogP contribution is 2.09. The molecular weight excluding hydrogens is 292 g/mol. The van der Waals surface area contributed by atoms with Gasteiger partial charge in [-0.2, -0.15) is 0 Å². The molecule has 0 spiro atoms. The first-order valence-electron chi connectivity index (χ1n) is 8.06. The van der Waals surface area contributed by atoms with E-state index in [2.05, 4.69) is 18.1 Å². The highest BCUT2D eigenvalue weighted by molar-refractivity contribution is 5.70. The van der Waals surface area contributed by atoms with Crippen LogP contribution in [0, 0.1) is 0 Å². The maximum absolute atomic E-state index is 12.7. The van der Waals surface area contributed by atoms with Crippen LogP contribution in [0.15, 0.2) is 41.2 Å². The van der Waals surface area contributed by atoms with Crippen LogP contribution in [-0.2, 0) is 19.6 Å². The second-order valence-electron chi connectivity index (χ2n) is 5.46. The number of aryl methyl sites for hydroxylation is 2. The summed E-state index contributed by atoms with van der Waals surface area (Å²) in [6, 6.07) is 0. The first-order chi connectivity index (χ1) is 11.2. The fourth-order valence-electron chi connectivity index (χ4n) is 2.68. The van der Waals surface area contributed by atoms with Crippen LogP contribution in [0.1, 0.15) is 32.6 Å². The minimum atomic E-state index is -0.302. The Bertz CT molecular complexity index is 810. The van der Waals surface area contributed by atoms with Crippen LogP contribution in [0.3, 0.4) is 0 Å². The zero-order valence-corrected chi connectivity index (χ0v) is 13.7. The third-order valence-electron chi connectivity index (χ3n) is 3.91. The summed E-state index contributed by atoms with van der Waals surface area (Å²) in [7, 11) is 0. The maximum atomic E-state index is 12.7. The lowest BCUT2D eigenvalue weighted by molar-refractivity contribution is 0.578. The van der Waals surface area contributed by atoms with E-state index in [0.29, 0.717) is 37.2 Å². The van der Waals surface area contributed by atoms with Crippen LogP contribution in [0.4, 0.5) is 0 Å². The van der Waals surface area contributed by atoms with Gasteiger partial charge in [0.25, 0.3) is 5.56 Å². The Morgan fingerprint density at radius 3 is 2.48 bits per heavy atom. The molecule has 0 aliphatic carbocycles. The molecule has 2 aromatic rings. The molecule has 0 saturated carbocycles. The fourth-order valence-corrected chi connectivity index (χ4v) is 2.68. The number of imidazole rings is 1. The monoisotopic (exact) mass is 316 g/mol. The number of aromatic nitrogens is 4. The molecule has 2 heterocycles. The van der Waals surface area contributed by atoms with Crippen LogP contribution in [-0.4, -0.2) is 18.7 Å². The average molecular weight is 316 g/mol. The molecular formula is C17H24N4O2. The van der Waals surface area contributed by atoms with Crippen molar-refractivity contribution in [3.8, 4) is 0 Å². The Hall–Kier alpha value is -2.37. The minimum Gasteiger partial charge on any atom is -0.325 e. The molecule has 0 unspecified atom stereocenters. The van der Waals surface area contributed by atoms with Gasteiger partial charge in [0.1, 0.15) is 0 Å². The Kier molecular flexibility index (Phi) is 5.73. The summed E-state index contributed by atoms with van der Waals surface area (Å²) in [6.45, 7) is 10.8. The van der Waals surface area contributed by atoms with Gasteiger partial charge in [-0.3, -0.25) is 13.9 Å². The molecule has 23 heavy (non-hydrogen) atoms. The summed E-state index contributed by atoms with van der Waals surface area (Å²) in [6.07, 6.45) is 8.75. The number of hydrogen-bond acceptors (Lipinski definition) is 3. The molecule has 0 N–H and O–H groups in total. The Morgan fingerprint density at radius 2 is 1.83 bits per heavy atom. The molecule has 0 aliphatic rings. The smallest absolute Gasteiger partial charge is 0.325 e. The maximum Gasteiger partial charge on any atom is 0.332 e. The van der Waals surface area contributed by atoms with Crippen molar-refractivity contribution < 1.29 is 0 Å². The SMILES string of the molecule is C=CCCCCn1cnc2c1c(=O)n(CCC=C)c(=O)n2CC. The minimum absolute atomic E-state index is 0.266. The molecule has 0 amide bonds. The van der Waals surface area contributed by atoms with Crippen molar-refractivity contribution in [3.05, 3.63) is 52.5 Å². The third kappa shape index (κ3) is 3.36. The van der Waals surface area contributed by atoms with Crippen molar-refractivity contribution >= 4 is 11.2 Å². The predicted octanol–water partition coefficient (Wildman–Crippen LogP) is 2.31. The molecule has 0 radical (unpaired) electrons. The molecule has 0 aliphatic heterocycles. The quantitative estimate of drug-likeness (QED) is 0.527. The van der Waals surface area contributed by atoms with Crippen molar-refractivity contribution in [2.45, 2.75) is 52.2 Å². The number of nitrogens with zero attached hydrogens (tertiary/aromatic N) is 4. The Labute approximate surface area is 135 Å². The normalized spacial score (nSPS) is 11.0. The van der Waals surface area contributed by atoms with E-state index in [1.54, 1.807) is 17.0 Å². The second-order valence-corrected chi connectivity index (χ2v) is 5.46. The Balaban J connectivity index is 2.52. The van der Waals surface area contributed by atoms with Gasteiger partial charge in [0.15, 0.2) is 11.2 Å². The predicted molar refractivity (Wildman–Crippen MR) is 92.8 cm³/mol. The van der Waals surface area contributed by atoms with E-state index in [4.69, 9.17) is 0 Å². The molecule has 0 atom stereocenters. The average Bonchev–Trinajstić information content (AvgIpc) is 2.96. The summed E-state index contributed by atoms with van der Waals surface area (Å²) in [5.74, 6) is 0. The lowest BCUT2D eigenvalue weighted by Gasteiger charge is -2.10. The van der Waals surface area contributed by atoms with Crippen LogP contribution < -0.4 is 11.2 Å². The van der Waals surface area contributed by atoms with E-state index >= 15 is 0 Å². The van der Waals surface area contributed by atoms with E-state index in [-0.39, 0.29) is 11.2 Å². The van der Waals surface area contributed by atoms with Crippen LogP contribution in [0.25, 0.3) is 11.2 Å². The van der Waals surface area contributed by atoms with Gasteiger partial charge in [0.05, 0.1) is 6.33 Å². The van der Waals surface area contributed by atoms with Crippen molar-refractivity contribution in [2.75, 3.05) is 0 Å². The van der Waals surface area contributed by atoms with Crippen molar-refractivity contribution in [1.82, 2.24) is 18.7 Å². The number of hydrogen-bond donors (Lipinski definition) is 0. The first kappa shape index (κ1) is 17.0. The zero-order valence-electron chi connectivity index (χ0n) is 13.7. The van der Waals surface area contributed by atoms with Gasteiger partial charge in [-0.15, -0.1) is 13.2 Å². The zero-order chi connectivity index (χ0) is 16.8. The van der Waals surface area contributed by atoms with Crippen LogP contribution in [0.2, 0.25) is 0 Å². The van der Waals surface area contributed by atoms with Gasteiger partial charge < -0.3 is 4.57 Å². The highest BCUT2D eigenvalue weighted by atomic mass is 16.2. The van der Waals surface area contributed by atoms with E-state index in [1.807, 2.05) is 17.6 Å². The Morgan fingerprint density at radius 1 is 1.09 bits per heavy atom. The molecule has 2 rings (SSSR count). The second kappa shape index (κ2) is 7.76. The van der Waals surface area contributed by atoms with E-state index < -0.39 is 0 Å². The molecule has 2 aromatic heterocycles. The van der Waals surface area contributed by atoms with Gasteiger partial charge >= 0.3 is 5.69 Å². The number of unbranched alkanes of at least 4 members (excludes halogenated alkanes) is 2. The highest BCUT2D eigenvalue weighted by Gasteiger charge is 2.16. The lowest BCUT2D eigenvalue weighted by Crippen LogP contribution is -2.40. The van der Waals surface area contributed by atoms with E-state index in [0.717, 1.165) is 19.3 Å². The van der Waals surface area contributed by atoms with Crippen LogP contribution in [0.5, 0.6) is 0 Å². The summed E-state index contributed by atoms with van der Waals surface area (Å²) < 4.78 is 4.70. The van der Waals surface area contributed by atoms with Crippen molar-refractivity contribution in [2.24, 2.45) is 0 Å². The summed E-state index contributed by atoms with van der Waals surface area (Å²) in [5.41, 5.74) is 0.414. The number of rotatable bonds is 9. The molecule has 0 aromatic carbocycles.